The maximum atomic E-state index is 12.7. The molecule has 3 rings (SSSR count). The first-order chi connectivity index (χ1) is 14.3. The van der Waals surface area contributed by atoms with E-state index in [1.54, 1.807) is 0 Å². The normalized spacial score (nSPS) is 15.7. The zero-order valence-corrected chi connectivity index (χ0v) is 18.5. The molecule has 0 aliphatic carbocycles. The average Bonchev–Trinajstić information content (AvgIpc) is 2.72. The van der Waals surface area contributed by atoms with Crippen LogP contribution in [0, 0.1) is 19.8 Å². The van der Waals surface area contributed by atoms with Crippen LogP contribution in [0.15, 0.2) is 48.5 Å². The van der Waals surface area contributed by atoms with Gasteiger partial charge < -0.3 is 10.1 Å². The van der Waals surface area contributed by atoms with E-state index in [0.29, 0.717) is 39.1 Å². The Morgan fingerprint density at radius 3 is 2.53 bits per heavy atom. The first-order valence-corrected chi connectivity index (χ1v) is 12.0. The number of carbonyl (C=O) groups is 1. The van der Waals surface area contributed by atoms with Gasteiger partial charge in [0.15, 0.2) is 0 Å². The molecule has 1 saturated heterocycles. The van der Waals surface area contributed by atoms with E-state index in [4.69, 9.17) is 4.74 Å². The van der Waals surface area contributed by atoms with Crippen LogP contribution in [-0.4, -0.2) is 44.9 Å². The molecule has 162 valence electrons. The van der Waals surface area contributed by atoms with Gasteiger partial charge in [-0.3, -0.25) is 4.79 Å². The zero-order chi connectivity index (χ0) is 21.6. The van der Waals surface area contributed by atoms with E-state index in [9.17, 15) is 13.2 Å². The van der Waals surface area contributed by atoms with Crippen molar-refractivity contribution in [1.29, 1.82) is 0 Å². The molecule has 1 heterocycles. The highest BCUT2D eigenvalue weighted by molar-refractivity contribution is 7.88. The molecule has 0 unspecified atom stereocenters. The van der Waals surface area contributed by atoms with E-state index < -0.39 is 10.0 Å². The van der Waals surface area contributed by atoms with Gasteiger partial charge in [0.25, 0.3) is 0 Å². The summed E-state index contributed by atoms with van der Waals surface area (Å²) in [6, 6.07) is 15.3. The van der Waals surface area contributed by atoms with Crippen LogP contribution in [0.3, 0.4) is 0 Å². The monoisotopic (exact) mass is 430 g/mol. The zero-order valence-electron chi connectivity index (χ0n) is 17.6. The number of aryl methyl sites for hydroxylation is 2. The molecule has 1 aliphatic heterocycles. The third-order valence-corrected chi connectivity index (χ3v) is 7.25. The van der Waals surface area contributed by atoms with Gasteiger partial charge in [-0.05, 0) is 43.9 Å². The van der Waals surface area contributed by atoms with Gasteiger partial charge in [0.2, 0.25) is 15.9 Å². The Bertz CT molecular complexity index is 967. The van der Waals surface area contributed by atoms with Crippen molar-refractivity contribution in [3.05, 3.63) is 65.2 Å². The minimum atomic E-state index is -3.38. The van der Waals surface area contributed by atoms with Crippen LogP contribution in [0.25, 0.3) is 0 Å². The van der Waals surface area contributed by atoms with Crippen LogP contribution in [0.4, 0.5) is 0 Å². The van der Waals surface area contributed by atoms with Gasteiger partial charge in [0.1, 0.15) is 12.4 Å². The summed E-state index contributed by atoms with van der Waals surface area (Å²) >= 11 is 0. The fourth-order valence-electron chi connectivity index (χ4n) is 3.70. The van der Waals surface area contributed by atoms with Gasteiger partial charge in [-0.25, -0.2) is 12.7 Å². The van der Waals surface area contributed by atoms with Gasteiger partial charge in [-0.15, -0.1) is 0 Å². The fourth-order valence-corrected chi connectivity index (χ4v) is 5.25. The number of rotatable bonds is 8. The number of para-hydroxylation sites is 1. The summed E-state index contributed by atoms with van der Waals surface area (Å²) in [5.74, 6) is 0.633. The number of ether oxygens (including phenoxy) is 1. The Balaban J connectivity index is 1.42. The highest BCUT2D eigenvalue weighted by Gasteiger charge is 2.31. The lowest BCUT2D eigenvalue weighted by atomic mass is 9.97. The Labute approximate surface area is 179 Å². The van der Waals surface area contributed by atoms with Gasteiger partial charge in [-0.1, -0.05) is 48.0 Å². The van der Waals surface area contributed by atoms with Crippen LogP contribution in [0.5, 0.6) is 5.75 Å². The lowest BCUT2D eigenvalue weighted by Crippen LogP contribution is -2.43. The molecule has 0 aromatic heterocycles. The number of hydrogen-bond acceptors (Lipinski definition) is 4. The van der Waals surface area contributed by atoms with E-state index in [2.05, 4.69) is 5.32 Å². The smallest absolute Gasteiger partial charge is 0.223 e. The Kier molecular flexibility index (Phi) is 7.50. The molecule has 6 nitrogen and oxygen atoms in total. The van der Waals surface area contributed by atoms with Crippen molar-refractivity contribution in [2.75, 3.05) is 26.2 Å². The quantitative estimate of drug-likeness (QED) is 0.653. The number of benzene rings is 2. The highest BCUT2D eigenvalue weighted by Crippen LogP contribution is 2.22. The second kappa shape index (κ2) is 10.1. The molecule has 0 saturated carbocycles. The Hall–Kier alpha value is -2.38. The summed E-state index contributed by atoms with van der Waals surface area (Å²) in [6.07, 6.45) is 1.08. The lowest BCUT2D eigenvalue weighted by Gasteiger charge is -2.30. The summed E-state index contributed by atoms with van der Waals surface area (Å²) in [5.41, 5.74) is 2.90. The third-order valence-electron chi connectivity index (χ3n) is 5.40. The van der Waals surface area contributed by atoms with Crippen molar-refractivity contribution in [1.82, 2.24) is 9.62 Å². The molecule has 0 atom stereocenters. The molecule has 1 amide bonds. The molecule has 2 aromatic rings. The molecular formula is C23H30N2O4S. The number of amides is 1. The predicted molar refractivity (Wildman–Crippen MR) is 118 cm³/mol. The summed E-state index contributed by atoms with van der Waals surface area (Å²) in [5, 5.41) is 2.91. The summed E-state index contributed by atoms with van der Waals surface area (Å²) in [6.45, 7) is 5.53. The Morgan fingerprint density at radius 2 is 1.83 bits per heavy atom. The van der Waals surface area contributed by atoms with Crippen LogP contribution < -0.4 is 10.1 Å². The highest BCUT2D eigenvalue weighted by atomic mass is 32.2. The third kappa shape index (κ3) is 6.06. The van der Waals surface area contributed by atoms with Gasteiger partial charge in [0.05, 0.1) is 12.3 Å². The maximum Gasteiger partial charge on any atom is 0.223 e. The summed E-state index contributed by atoms with van der Waals surface area (Å²) in [4.78, 5) is 12.4. The van der Waals surface area contributed by atoms with Gasteiger partial charge >= 0.3 is 0 Å². The molecule has 0 radical (unpaired) electrons. The summed E-state index contributed by atoms with van der Waals surface area (Å²) in [7, 11) is -3.38. The second-order valence-electron chi connectivity index (χ2n) is 7.82. The van der Waals surface area contributed by atoms with Crippen molar-refractivity contribution >= 4 is 15.9 Å². The average molecular weight is 431 g/mol. The lowest BCUT2D eigenvalue weighted by molar-refractivity contribution is -0.126. The number of piperidine rings is 1. The number of sulfonamides is 1. The minimum absolute atomic E-state index is 0.00177. The molecule has 0 bridgehead atoms. The van der Waals surface area contributed by atoms with Crippen molar-refractivity contribution < 1.29 is 17.9 Å². The van der Waals surface area contributed by atoms with E-state index in [1.165, 1.54) is 4.31 Å². The van der Waals surface area contributed by atoms with Crippen molar-refractivity contribution in [3.63, 3.8) is 0 Å². The van der Waals surface area contributed by atoms with Gasteiger partial charge in [-0.2, -0.15) is 0 Å². The van der Waals surface area contributed by atoms with E-state index in [0.717, 1.165) is 22.4 Å². The molecule has 1 fully saturated rings. The molecule has 1 N–H and O–H groups in total. The van der Waals surface area contributed by atoms with E-state index in [1.807, 2.05) is 62.4 Å². The van der Waals surface area contributed by atoms with E-state index >= 15 is 0 Å². The predicted octanol–water partition coefficient (Wildman–Crippen LogP) is 3.04. The van der Waals surface area contributed by atoms with Crippen LogP contribution in [0.2, 0.25) is 0 Å². The first-order valence-electron chi connectivity index (χ1n) is 10.3. The largest absolute Gasteiger partial charge is 0.491 e. The van der Waals surface area contributed by atoms with Gasteiger partial charge in [0, 0.05) is 19.0 Å². The number of hydrogen-bond donors (Lipinski definition) is 1. The van der Waals surface area contributed by atoms with Crippen LogP contribution in [-0.2, 0) is 20.6 Å². The molecule has 1 aliphatic rings. The first kappa shape index (κ1) is 22.3. The Morgan fingerprint density at radius 1 is 1.10 bits per heavy atom. The standard InChI is InChI=1S/C23H30N2O4S/c1-18-6-5-8-20(16-18)17-30(27,28)25-13-10-21(11-14-25)23(26)24-12-15-29-22-9-4-3-7-19(22)2/h3-9,16,21H,10-15,17H2,1-2H3,(H,24,26). The number of nitrogens with one attached hydrogen (secondary N) is 1. The summed E-state index contributed by atoms with van der Waals surface area (Å²) < 4.78 is 32.7. The fraction of sp³-hybridized carbons (Fsp3) is 0.435. The minimum Gasteiger partial charge on any atom is -0.491 e. The number of carbonyl (C=O) groups excluding carboxylic acids is 1. The molecular weight excluding hydrogens is 400 g/mol. The molecule has 0 spiro atoms. The van der Waals surface area contributed by atoms with Crippen LogP contribution >= 0.6 is 0 Å². The molecule has 30 heavy (non-hydrogen) atoms. The van der Waals surface area contributed by atoms with E-state index in [-0.39, 0.29) is 17.6 Å². The van der Waals surface area contributed by atoms with Crippen molar-refractivity contribution in [2.24, 2.45) is 5.92 Å². The number of nitrogens with zero attached hydrogens (tertiary/aromatic N) is 1. The maximum absolute atomic E-state index is 12.7. The van der Waals surface area contributed by atoms with Crippen molar-refractivity contribution in [3.8, 4) is 5.75 Å². The topological polar surface area (TPSA) is 75.7 Å². The van der Waals surface area contributed by atoms with Crippen molar-refractivity contribution in [2.45, 2.75) is 32.4 Å². The molecule has 7 heteroatoms. The van der Waals surface area contributed by atoms with Crippen LogP contribution in [0.1, 0.15) is 29.5 Å². The second-order valence-corrected chi connectivity index (χ2v) is 9.79. The molecule has 2 aromatic carbocycles. The SMILES string of the molecule is Cc1cccc(CS(=O)(=O)N2CCC(C(=O)NCCOc3ccccc3C)CC2)c1.